The molecule has 0 saturated carbocycles. The molecule has 49 heavy (non-hydrogen) atoms. The summed E-state index contributed by atoms with van der Waals surface area (Å²) in [6.45, 7) is 4.00. The van der Waals surface area contributed by atoms with Gasteiger partial charge in [0.1, 0.15) is 0 Å². The molecule has 0 aliphatic carbocycles. The summed E-state index contributed by atoms with van der Waals surface area (Å²) in [5, 5.41) is 4.95. The fourth-order valence-electron chi connectivity index (χ4n) is 7.62. The van der Waals surface area contributed by atoms with Crippen LogP contribution in [0, 0.1) is 0 Å². The van der Waals surface area contributed by atoms with Gasteiger partial charge >= 0.3 is 0 Å². The molecule has 0 N–H and O–H groups in total. The lowest BCUT2D eigenvalue weighted by Gasteiger charge is -2.10. The van der Waals surface area contributed by atoms with Crippen molar-refractivity contribution in [2.45, 2.75) is 13.8 Å². The molecule has 0 spiro atoms. The van der Waals surface area contributed by atoms with Crippen molar-refractivity contribution in [3.8, 4) is 28.2 Å². The monoisotopic (exact) mass is 629 g/mol. The quantitative estimate of drug-likeness (QED) is 0.184. The van der Waals surface area contributed by atoms with Crippen LogP contribution >= 0.6 is 0 Å². The van der Waals surface area contributed by atoms with Gasteiger partial charge < -0.3 is 13.7 Å². The van der Waals surface area contributed by atoms with E-state index in [9.17, 15) is 0 Å². The Morgan fingerprint density at radius 1 is 0.286 bits per heavy atom. The minimum absolute atomic E-state index is 1.15. The van der Waals surface area contributed by atoms with Crippen molar-refractivity contribution in [2.24, 2.45) is 0 Å². The van der Waals surface area contributed by atoms with E-state index in [0.717, 1.165) is 17.1 Å². The van der Waals surface area contributed by atoms with Gasteiger partial charge in [-0.2, -0.15) is 0 Å². The molecule has 3 nitrogen and oxygen atoms in total. The second-order valence-corrected chi connectivity index (χ2v) is 12.2. The van der Waals surface area contributed by atoms with Gasteiger partial charge in [-0.05, 0) is 77.9 Å². The highest BCUT2D eigenvalue weighted by Crippen LogP contribution is 2.42. The lowest BCUT2D eigenvalue weighted by atomic mass is 10.0. The first-order chi connectivity index (χ1) is 24.3. The molecule has 0 radical (unpaired) electrons. The molecule has 7 aromatic carbocycles. The van der Waals surface area contributed by atoms with E-state index in [0.29, 0.717) is 0 Å². The van der Waals surface area contributed by atoms with Crippen molar-refractivity contribution in [3.63, 3.8) is 0 Å². The highest BCUT2D eigenvalue weighted by atomic mass is 15.1. The zero-order chi connectivity index (χ0) is 32.9. The first kappa shape index (κ1) is 28.9. The van der Waals surface area contributed by atoms with Crippen LogP contribution in [-0.4, -0.2) is 13.7 Å². The molecular weight excluding hydrogens is 595 g/mol. The van der Waals surface area contributed by atoms with Crippen molar-refractivity contribution in [3.05, 3.63) is 176 Å². The molecule has 3 aromatic heterocycles. The van der Waals surface area contributed by atoms with E-state index in [2.05, 4.69) is 190 Å². The molecule has 0 aliphatic heterocycles. The number of hydrogen-bond donors (Lipinski definition) is 0. The van der Waals surface area contributed by atoms with Crippen molar-refractivity contribution < 1.29 is 0 Å². The minimum Gasteiger partial charge on any atom is -0.309 e. The lowest BCUT2D eigenvalue weighted by molar-refractivity contribution is 1.16. The standard InChI is InChI=1S/C44H29N3.C2H6/c1-4-14-30(15-5-1)31-24-26-41-37(28-31)38-29-34(25-27-42(38)45(41)32-16-6-2-7-17-32)47-40-23-13-11-21-36(40)43-44(47)35-20-10-12-22-39(35)46(43)33-18-8-3-9-19-33;1-2/h1-29H;1-2H3. The maximum atomic E-state index is 2.47. The second kappa shape index (κ2) is 11.7. The molecule has 3 heteroatoms. The number of fused-ring (bicyclic) bond motifs is 8. The van der Waals surface area contributed by atoms with Crippen LogP contribution in [0.25, 0.3) is 82.8 Å². The third-order valence-electron chi connectivity index (χ3n) is 9.61. The Morgan fingerprint density at radius 3 is 1.31 bits per heavy atom. The Bertz CT molecular complexity index is 2760. The average molecular weight is 630 g/mol. The molecule has 0 saturated heterocycles. The molecule has 0 aliphatic rings. The first-order valence-electron chi connectivity index (χ1n) is 17.1. The summed E-state index contributed by atoms with van der Waals surface area (Å²) >= 11 is 0. The van der Waals surface area contributed by atoms with Gasteiger partial charge in [0.05, 0.1) is 33.1 Å². The second-order valence-electron chi connectivity index (χ2n) is 12.2. The smallest absolute Gasteiger partial charge is 0.0803 e. The van der Waals surface area contributed by atoms with E-state index >= 15 is 0 Å². The highest BCUT2D eigenvalue weighted by molar-refractivity contribution is 6.20. The number of hydrogen-bond acceptors (Lipinski definition) is 0. The minimum atomic E-state index is 1.15. The van der Waals surface area contributed by atoms with Crippen molar-refractivity contribution >= 4 is 54.6 Å². The Morgan fingerprint density at radius 2 is 0.714 bits per heavy atom. The number of aromatic nitrogens is 3. The summed E-state index contributed by atoms with van der Waals surface area (Å²) in [5.41, 5.74) is 13.2. The largest absolute Gasteiger partial charge is 0.309 e. The molecule has 10 rings (SSSR count). The Hall–Kier alpha value is -6.32. The van der Waals surface area contributed by atoms with Crippen LogP contribution in [0.5, 0.6) is 0 Å². The third kappa shape index (κ3) is 4.43. The molecule has 3 heterocycles. The number of rotatable bonds is 4. The molecule has 10 aromatic rings. The van der Waals surface area contributed by atoms with Crippen LogP contribution in [0.1, 0.15) is 13.8 Å². The number of nitrogens with zero attached hydrogens (tertiary/aromatic N) is 3. The van der Waals surface area contributed by atoms with Gasteiger partial charge in [0, 0.05) is 38.6 Å². The molecule has 234 valence electrons. The normalized spacial score (nSPS) is 11.5. The van der Waals surface area contributed by atoms with E-state index < -0.39 is 0 Å². The Balaban J connectivity index is 0.00000160. The van der Waals surface area contributed by atoms with Crippen molar-refractivity contribution in [1.82, 2.24) is 13.7 Å². The Kier molecular flexibility index (Phi) is 6.91. The topological polar surface area (TPSA) is 14.8 Å². The van der Waals surface area contributed by atoms with E-state index in [1.54, 1.807) is 0 Å². The van der Waals surface area contributed by atoms with E-state index in [1.165, 1.54) is 65.8 Å². The zero-order valence-corrected chi connectivity index (χ0v) is 27.6. The summed E-state index contributed by atoms with van der Waals surface area (Å²) in [4.78, 5) is 0. The van der Waals surface area contributed by atoms with Crippen LogP contribution in [0.15, 0.2) is 176 Å². The van der Waals surface area contributed by atoms with Gasteiger partial charge in [0.25, 0.3) is 0 Å². The predicted molar refractivity (Wildman–Crippen MR) is 209 cm³/mol. The molecule has 0 unspecified atom stereocenters. The summed E-state index contributed by atoms with van der Waals surface area (Å²) in [7, 11) is 0. The average Bonchev–Trinajstić information content (AvgIpc) is 3.82. The van der Waals surface area contributed by atoms with Gasteiger partial charge in [0.2, 0.25) is 0 Å². The summed E-state index contributed by atoms with van der Waals surface area (Å²) in [5.74, 6) is 0. The molecule has 0 fully saturated rings. The SMILES string of the molecule is CC.c1ccc(-c2ccc3c(c2)c2cc(-n4c5ccccc5c5c4c4ccccc4n5-c4ccccc4)ccc2n3-c2ccccc2)cc1. The highest BCUT2D eigenvalue weighted by Gasteiger charge is 2.22. The summed E-state index contributed by atoms with van der Waals surface area (Å²) in [6, 6.07) is 63.6. The predicted octanol–water partition coefficient (Wildman–Crippen LogP) is 12.5. The van der Waals surface area contributed by atoms with Gasteiger partial charge in [0.15, 0.2) is 0 Å². The maximum absolute atomic E-state index is 2.47. The molecule has 0 amide bonds. The fourth-order valence-corrected chi connectivity index (χ4v) is 7.62. The van der Waals surface area contributed by atoms with Gasteiger partial charge in [-0.15, -0.1) is 0 Å². The van der Waals surface area contributed by atoms with Crippen molar-refractivity contribution in [1.29, 1.82) is 0 Å². The van der Waals surface area contributed by atoms with E-state index in [4.69, 9.17) is 0 Å². The van der Waals surface area contributed by atoms with Crippen LogP contribution in [0.4, 0.5) is 0 Å². The van der Waals surface area contributed by atoms with E-state index in [1.807, 2.05) is 13.8 Å². The number of benzene rings is 7. The van der Waals surface area contributed by atoms with E-state index in [-0.39, 0.29) is 0 Å². The van der Waals surface area contributed by atoms with Crippen LogP contribution in [0.3, 0.4) is 0 Å². The summed E-state index contributed by atoms with van der Waals surface area (Å²) in [6.07, 6.45) is 0. The lowest BCUT2D eigenvalue weighted by Crippen LogP contribution is -1.95. The van der Waals surface area contributed by atoms with Gasteiger partial charge in [-0.3, -0.25) is 0 Å². The first-order valence-corrected chi connectivity index (χ1v) is 17.1. The van der Waals surface area contributed by atoms with Crippen LogP contribution in [0.2, 0.25) is 0 Å². The van der Waals surface area contributed by atoms with Crippen molar-refractivity contribution in [2.75, 3.05) is 0 Å². The molecular formula is C46H35N3. The van der Waals surface area contributed by atoms with Crippen LogP contribution < -0.4 is 0 Å². The zero-order valence-electron chi connectivity index (χ0n) is 27.6. The Labute approximate surface area is 285 Å². The van der Waals surface area contributed by atoms with Gasteiger partial charge in [-0.25, -0.2) is 0 Å². The van der Waals surface area contributed by atoms with Gasteiger partial charge in [-0.1, -0.05) is 123 Å². The maximum Gasteiger partial charge on any atom is 0.0803 e. The summed E-state index contributed by atoms with van der Waals surface area (Å²) < 4.78 is 7.29. The van der Waals surface area contributed by atoms with Crippen LogP contribution in [-0.2, 0) is 0 Å². The number of para-hydroxylation sites is 4. The molecule has 0 bridgehead atoms. The third-order valence-corrected chi connectivity index (χ3v) is 9.61. The fraction of sp³-hybridized carbons (Fsp3) is 0.0435. The molecule has 0 atom stereocenters.